The zero-order valence-corrected chi connectivity index (χ0v) is 17.7. The molecular weight excluding hydrogens is 484 g/mol. The van der Waals surface area contributed by atoms with Gasteiger partial charge in [0.05, 0.1) is 24.2 Å². The van der Waals surface area contributed by atoms with Crippen molar-refractivity contribution in [2.75, 3.05) is 23.4 Å². The summed E-state index contributed by atoms with van der Waals surface area (Å²) in [5.74, 6) is -1.85. The number of rotatable bonds is 4. The maximum atomic E-state index is 13.2. The van der Waals surface area contributed by atoms with Crippen molar-refractivity contribution in [3.8, 4) is 0 Å². The third kappa shape index (κ3) is 5.24. The summed E-state index contributed by atoms with van der Waals surface area (Å²) in [6.07, 6.45) is -12.1. The van der Waals surface area contributed by atoms with Crippen LogP contribution in [0.1, 0.15) is 33.5 Å². The third-order valence-corrected chi connectivity index (χ3v) is 5.50. The highest BCUT2D eigenvalue weighted by Gasteiger charge is 2.39. The van der Waals surface area contributed by atoms with Gasteiger partial charge >= 0.3 is 12.4 Å². The van der Waals surface area contributed by atoms with Crippen LogP contribution in [0.3, 0.4) is 0 Å². The smallest absolute Gasteiger partial charge is 0.366 e. The first-order chi connectivity index (χ1) is 16.3. The topological polar surface area (TPSA) is 87.7 Å². The Morgan fingerprint density at radius 3 is 2.31 bits per heavy atom. The number of hydrogen-bond donors (Lipinski definition) is 2. The highest BCUT2D eigenvalue weighted by molar-refractivity contribution is 6.02. The second-order valence-corrected chi connectivity index (χ2v) is 7.92. The second kappa shape index (κ2) is 8.87. The lowest BCUT2D eigenvalue weighted by Gasteiger charge is -2.33. The molecule has 0 bridgehead atoms. The zero-order chi connectivity index (χ0) is 25.5. The maximum absolute atomic E-state index is 13.2. The SMILES string of the molecule is O=C(CC1OCCN(c2cc(C(F)(F)F)cc(C(F)(F)F)c2)C1=O)Nc1ccc2c(c1)CNC2=O. The Kier molecular flexibility index (Phi) is 6.21. The fourth-order valence-corrected chi connectivity index (χ4v) is 3.83. The van der Waals surface area contributed by atoms with Crippen molar-refractivity contribution in [1.82, 2.24) is 5.32 Å². The van der Waals surface area contributed by atoms with Crippen LogP contribution >= 0.6 is 0 Å². The van der Waals surface area contributed by atoms with E-state index in [0.717, 1.165) is 4.90 Å². The van der Waals surface area contributed by atoms with Gasteiger partial charge < -0.3 is 20.3 Å². The maximum Gasteiger partial charge on any atom is 0.416 e. The van der Waals surface area contributed by atoms with E-state index < -0.39 is 53.5 Å². The number of fused-ring (bicyclic) bond motifs is 1. The molecule has 4 rings (SSSR count). The number of carbonyl (C=O) groups is 3. The summed E-state index contributed by atoms with van der Waals surface area (Å²) >= 11 is 0. The van der Waals surface area contributed by atoms with E-state index in [1.807, 2.05) is 0 Å². The van der Waals surface area contributed by atoms with Gasteiger partial charge in [-0.2, -0.15) is 26.3 Å². The lowest BCUT2D eigenvalue weighted by Crippen LogP contribution is -2.49. The normalized spacial score (nSPS) is 18.3. The predicted molar refractivity (Wildman–Crippen MR) is 109 cm³/mol. The molecule has 0 aliphatic carbocycles. The van der Waals surface area contributed by atoms with Crippen LogP contribution < -0.4 is 15.5 Å². The molecule has 7 nitrogen and oxygen atoms in total. The predicted octanol–water partition coefficient (Wildman–Crippen LogP) is 3.73. The molecule has 0 radical (unpaired) electrons. The highest BCUT2D eigenvalue weighted by atomic mass is 19.4. The first-order valence-electron chi connectivity index (χ1n) is 10.3. The van der Waals surface area contributed by atoms with E-state index in [4.69, 9.17) is 4.74 Å². The average Bonchev–Trinajstić information content (AvgIpc) is 3.13. The molecular formula is C22H17F6N3O4. The number of carbonyl (C=O) groups excluding carboxylic acids is 3. The summed E-state index contributed by atoms with van der Waals surface area (Å²) in [5, 5.41) is 5.16. The van der Waals surface area contributed by atoms with Gasteiger partial charge in [0.25, 0.3) is 11.8 Å². The van der Waals surface area contributed by atoms with Crippen LogP contribution in [0.5, 0.6) is 0 Å². The molecule has 0 aromatic heterocycles. The fraction of sp³-hybridized carbons (Fsp3) is 0.318. The number of anilines is 2. The largest absolute Gasteiger partial charge is 0.416 e. The molecule has 1 atom stereocenters. The van der Waals surface area contributed by atoms with Crippen LogP contribution in [0.4, 0.5) is 37.7 Å². The Morgan fingerprint density at radius 2 is 1.69 bits per heavy atom. The van der Waals surface area contributed by atoms with Crippen molar-refractivity contribution in [1.29, 1.82) is 0 Å². The highest BCUT2D eigenvalue weighted by Crippen LogP contribution is 2.39. The van der Waals surface area contributed by atoms with Gasteiger partial charge in [0, 0.05) is 30.0 Å². The van der Waals surface area contributed by atoms with Crippen molar-refractivity contribution in [2.45, 2.75) is 31.4 Å². The molecule has 0 saturated carbocycles. The number of ether oxygens (including phenoxy) is 1. The van der Waals surface area contributed by atoms with E-state index in [1.54, 1.807) is 6.07 Å². The first-order valence-corrected chi connectivity index (χ1v) is 10.3. The molecule has 2 aromatic rings. The van der Waals surface area contributed by atoms with Gasteiger partial charge in [-0.05, 0) is 42.0 Å². The van der Waals surface area contributed by atoms with Crippen LogP contribution in [0, 0.1) is 0 Å². The second-order valence-electron chi connectivity index (χ2n) is 7.92. The molecule has 1 fully saturated rings. The van der Waals surface area contributed by atoms with E-state index in [0.29, 0.717) is 28.9 Å². The lowest BCUT2D eigenvalue weighted by atomic mass is 10.1. The number of nitrogens with one attached hydrogen (secondary N) is 2. The van der Waals surface area contributed by atoms with Crippen molar-refractivity contribution < 1.29 is 45.5 Å². The van der Waals surface area contributed by atoms with Gasteiger partial charge in [-0.1, -0.05) is 0 Å². The standard InChI is InChI=1S/C22H17F6N3O4/c23-21(24,25)12-6-13(22(26,27)28)8-15(7-12)31-3-4-35-17(20(31)34)9-18(32)30-14-1-2-16-11(5-14)10-29-19(16)33/h1-2,5-8,17H,3-4,9-10H2,(H,29,33)(H,30,32). The van der Waals surface area contributed by atoms with Crippen LogP contribution in [-0.4, -0.2) is 37.0 Å². The minimum atomic E-state index is -5.07. The quantitative estimate of drug-likeness (QED) is 0.626. The molecule has 2 aromatic carbocycles. The van der Waals surface area contributed by atoms with Gasteiger partial charge in [0.2, 0.25) is 5.91 Å². The van der Waals surface area contributed by atoms with E-state index >= 15 is 0 Å². The monoisotopic (exact) mass is 501 g/mol. The molecule has 0 spiro atoms. The molecule has 1 unspecified atom stereocenters. The number of hydrogen-bond acceptors (Lipinski definition) is 4. The number of nitrogens with zero attached hydrogens (tertiary/aromatic N) is 1. The molecule has 2 N–H and O–H groups in total. The molecule has 13 heteroatoms. The number of morpholine rings is 1. The van der Waals surface area contributed by atoms with E-state index in [9.17, 15) is 40.7 Å². The van der Waals surface area contributed by atoms with Crippen LogP contribution in [0.15, 0.2) is 36.4 Å². The molecule has 2 heterocycles. The zero-order valence-electron chi connectivity index (χ0n) is 17.7. The van der Waals surface area contributed by atoms with Crippen molar-refractivity contribution >= 4 is 29.1 Å². The lowest BCUT2D eigenvalue weighted by molar-refractivity contribution is -0.143. The molecule has 3 amide bonds. The molecule has 35 heavy (non-hydrogen) atoms. The Balaban J connectivity index is 1.51. The summed E-state index contributed by atoms with van der Waals surface area (Å²) < 4.78 is 84.4. The Labute approximate surface area is 194 Å². The van der Waals surface area contributed by atoms with Crippen molar-refractivity contribution in [2.24, 2.45) is 0 Å². The number of halogens is 6. The van der Waals surface area contributed by atoms with Gasteiger partial charge in [0.1, 0.15) is 6.10 Å². The average molecular weight is 501 g/mol. The minimum absolute atomic E-state index is 0.0287. The summed E-state index contributed by atoms with van der Waals surface area (Å²) in [6, 6.07) is 5.45. The Morgan fingerprint density at radius 1 is 1.03 bits per heavy atom. The van der Waals surface area contributed by atoms with Gasteiger partial charge in [-0.3, -0.25) is 14.4 Å². The van der Waals surface area contributed by atoms with E-state index in [-0.39, 0.29) is 31.7 Å². The summed E-state index contributed by atoms with van der Waals surface area (Å²) in [7, 11) is 0. The number of amides is 3. The molecule has 186 valence electrons. The van der Waals surface area contributed by atoms with Crippen LogP contribution in [0.2, 0.25) is 0 Å². The van der Waals surface area contributed by atoms with Crippen LogP contribution in [-0.2, 0) is 33.2 Å². The summed E-state index contributed by atoms with van der Waals surface area (Å²) in [4.78, 5) is 37.7. The number of benzene rings is 2. The fourth-order valence-electron chi connectivity index (χ4n) is 3.83. The Hall–Kier alpha value is -3.61. The molecule has 2 aliphatic heterocycles. The molecule has 1 saturated heterocycles. The summed E-state index contributed by atoms with van der Waals surface area (Å²) in [5.41, 5.74) is -2.24. The van der Waals surface area contributed by atoms with Crippen molar-refractivity contribution in [3.05, 3.63) is 58.7 Å². The van der Waals surface area contributed by atoms with Gasteiger partial charge in [-0.15, -0.1) is 0 Å². The van der Waals surface area contributed by atoms with Gasteiger partial charge in [-0.25, -0.2) is 0 Å². The molecule has 2 aliphatic rings. The Bertz CT molecular complexity index is 1160. The minimum Gasteiger partial charge on any atom is -0.366 e. The van der Waals surface area contributed by atoms with Crippen molar-refractivity contribution in [3.63, 3.8) is 0 Å². The number of alkyl halides is 6. The van der Waals surface area contributed by atoms with Crippen LogP contribution in [0.25, 0.3) is 0 Å². The van der Waals surface area contributed by atoms with E-state index in [1.165, 1.54) is 12.1 Å². The summed E-state index contributed by atoms with van der Waals surface area (Å²) in [6.45, 7) is -0.205. The van der Waals surface area contributed by atoms with Gasteiger partial charge in [0.15, 0.2) is 0 Å². The third-order valence-electron chi connectivity index (χ3n) is 5.50. The van der Waals surface area contributed by atoms with E-state index in [2.05, 4.69) is 10.6 Å². The first kappa shape index (κ1) is 24.5.